The van der Waals surface area contributed by atoms with E-state index in [0.717, 1.165) is 0 Å². The van der Waals surface area contributed by atoms with Crippen LogP contribution in [0, 0.1) is 0 Å². The summed E-state index contributed by atoms with van der Waals surface area (Å²) in [6.07, 6.45) is -4.92. The van der Waals surface area contributed by atoms with Gasteiger partial charge in [-0.05, 0) is 19.8 Å². The summed E-state index contributed by atoms with van der Waals surface area (Å²) in [5.41, 5.74) is -0.607. The number of aliphatic hydroxyl groups is 1. The van der Waals surface area contributed by atoms with Gasteiger partial charge in [0.2, 0.25) is 0 Å². The molecule has 1 unspecified atom stereocenters. The van der Waals surface area contributed by atoms with E-state index in [1.165, 1.54) is 0 Å². The van der Waals surface area contributed by atoms with Crippen molar-refractivity contribution in [3.8, 4) is 0 Å². The molecule has 0 aliphatic carbocycles. The van der Waals surface area contributed by atoms with Gasteiger partial charge in [0, 0.05) is 18.2 Å². The summed E-state index contributed by atoms with van der Waals surface area (Å²) in [6.45, 7) is 3.45. The maximum atomic E-state index is 12.5. The van der Waals surface area contributed by atoms with Crippen LogP contribution in [0.1, 0.15) is 33.6 Å². The average molecular weight is 307 g/mol. The predicted molar refractivity (Wildman–Crippen MR) is 64.8 cm³/mol. The van der Waals surface area contributed by atoms with Gasteiger partial charge in [-0.15, -0.1) is 0 Å². The first-order valence-corrected chi connectivity index (χ1v) is 6.34. The van der Waals surface area contributed by atoms with Crippen molar-refractivity contribution < 1.29 is 31.8 Å². The van der Waals surface area contributed by atoms with Crippen molar-refractivity contribution >= 4 is 0 Å². The molecule has 0 aliphatic rings. The van der Waals surface area contributed by atoms with E-state index in [1.54, 1.807) is 6.92 Å². The van der Waals surface area contributed by atoms with Gasteiger partial charge in [0.1, 0.15) is 6.61 Å². The minimum Gasteiger partial charge on any atom is -0.394 e. The number of alkyl halides is 5. The van der Waals surface area contributed by atoms with Crippen LogP contribution in [0.3, 0.4) is 0 Å². The Hall–Kier alpha value is -0.470. The summed E-state index contributed by atoms with van der Waals surface area (Å²) >= 11 is 0. The minimum atomic E-state index is -5.59. The molecule has 0 heterocycles. The molecule has 0 amide bonds. The Morgan fingerprint density at radius 1 is 1.15 bits per heavy atom. The van der Waals surface area contributed by atoms with Crippen molar-refractivity contribution in [3.05, 3.63) is 0 Å². The number of hydrogen-bond donors (Lipinski definition) is 2. The largest absolute Gasteiger partial charge is 0.455 e. The lowest BCUT2D eigenvalue weighted by Crippen LogP contribution is -2.49. The highest BCUT2D eigenvalue weighted by atomic mass is 19.4. The summed E-state index contributed by atoms with van der Waals surface area (Å²) in [5, 5.41) is 12.4. The normalized spacial score (nSPS) is 16.5. The Bertz CT molecular complexity index is 284. The molecule has 20 heavy (non-hydrogen) atoms. The first kappa shape index (κ1) is 19.5. The molecule has 0 aliphatic heterocycles. The third-order valence-electron chi connectivity index (χ3n) is 2.70. The summed E-state index contributed by atoms with van der Waals surface area (Å²) < 4.78 is 65.0. The van der Waals surface area contributed by atoms with E-state index < -0.39 is 24.2 Å². The fourth-order valence-corrected chi connectivity index (χ4v) is 1.74. The number of halogens is 5. The SMILES string of the molecule is CC(C)NC(C)(CO)CCCOCC(F)(F)C(F)(F)F. The van der Waals surface area contributed by atoms with Crippen LogP contribution in [0.2, 0.25) is 0 Å². The number of hydrogen-bond acceptors (Lipinski definition) is 3. The lowest BCUT2D eigenvalue weighted by Gasteiger charge is -2.31. The monoisotopic (exact) mass is 307 g/mol. The van der Waals surface area contributed by atoms with Gasteiger partial charge in [-0.1, -0.05) is 13.8 Å². The van der Waals surface area contributed by atoms with E-state index in [-0.39, 0.29) is 25.7 Å². The van der Waals surface area contributed by atoms with Crippen LogP contribution in [-0.4, -0.2) is 48.6 Å². The lowest BCUT2D eigenvalue weighted by molar-refractivity contribution is -0.296. The number of aliphatic hydroxyl groups excluding tert-OH is 1. The number of rotatable bonds is 9. The molecule has 0 saturated carbocycles. The third kappa shape index (κ3) is 6.81. The highest BCUT2D eigenvalue weighted by Crippen LogP contribution is 2.35. The van der Waals surface area contributed by atoms with E-state index in [4.69, 9.17) is 0 Å². The van der Waals surface area contributed by atoms with Crippen LogP contribution < -0.4 is 5.32 Å². The van der Waals surface area contributed by atoms with Crippen molar-refractivity contribution in [2.75, 3.05) is 19.8 Å². The van der Waals surface area contributed by atoms with E-state index in [9.17, 15) is 27.1 Å². The Morgan fingerprint density at radius 3 is 2.10 bits per heavy atom. The minimum absolute atomic E-state index is 0.114. The fourth-order valence-electron chi connectivity index (χ4n) is 1.74. The van der Waals surface area contributed by atoms with Gasteiger partial charge in [-0.2, -0.15) is 22.0 Å². The van der Waals surface area contributed by atoms with Crippen LogP contribution in [0.15, 0.2) is 0 Å². The summed E-state index contributed by atoms with van der Waals surface area (Å²) in [4.78, 5) is 0. The van der Waals surface area contributed by atoms with Gasteiger partial charge in [-0.25, -0.2) is 0 Å². The molecule has 0 saturated heterocycles. The summed E-state index contributed by atoms with van der Waals surface area (Å²) in [6, 6.07) is 0.114. The fraction of sp³-hybridized carbons (Fsp3) is 1.00. The maximum Gasteiger partial charge on any atom is 0.455 e. The van der Waals surface area contributed by atoms with Gasteiger partial charge in [-0.3, -0.25) is 0 Å². The standard InChI is InChI=1S/C12H22F5NO2/c1-9(2)18-10(3,7-19)5-4-6-20-8-11(13,14)12(15,16)17/h9,18-19H,4-8H2,1-3H3. The van der Waals surface area contributed by atoms with Crippen LogP contribution in [-0.2, 0) is 4.74 Å². The highest BCUT2D eigenvalue weighted by Gasteiger charge is 2.57. The second kappa shape index (κ2) is 7.51. The Balaban J connectivity index is 4.03. The number of nitrogens with one attached hydrogen (secondary N) is 1. The molecule has 8 heteroatoms. The number of ether oxygens (including phenoxy) is 1. The molecule has 122 valence electrons. The average Bonchev–Trinajstić information content (AvgIpc) is 2.26. The molecule has 3 nitrogen and oxygen atoms in total. The molecular weight excluding hydrogens is 285 g/mol. The van der Waals surface area contributed by atoms with Crippen LogP contribution in [0.5, 0.6) is 0 Å². The van der Waals surface area contributed by atoms with E-state index in [2.05, 4.69) is 10.1 Å². The molecule has 0 aromatic heterocycles. The Kier molecular flexibility index (Phi) is 7.34. The zero-order valence-corrected chi connectivity index (χ0v) is 11.9. The van der Waals surface area contributed by atoms with E-state index in [0.29, 0.717) is 6.42 Å². The molecule has 0 spiro atoms. The van der Waals surface area contributed by atoms with Gasteiger partial charge in [0.05, 0.1) is 6.61 Å². The van der Waals surface area contributed by atoms with Crippen LogP contribution in [0.4, 0.5) is 22.0 Å². The summed E-state index contributed by atoms with van der Waals surface area (Å²) in [5.74, 6) is -4.83. The smallest absolute Gasteiger partial charge is 0.394 e. The van der Waals surface area contributed by atoms with Crippen molar-refractivity contribution in [1.82, 2.24) is 5.32 Å². The van der Waals surface area contributed by atoms with Gasteiger partial charge < -0.3 is 15.2 Å². The van der Waals surface area contributed by atoms with Crippen molar-refractivity contribution in [2.24, 2.45) is 0 Å². The molecule has 0 aromatic rings. The van der Waals surface area contributed by atoms with Crippen molar-refractivity contribution in [2.45, 2.75) is 57.3 Å². The predicted octanol–water partition coefficient (Wildman–Crippen LogP) is 2.73. The first-order chi connectivity index (χ1) is 8.93. The van der Waals surface area contributed by atoms with E-state index in [1.807, 2.05) is 13.8 Å². The van der Waals surface area contributed by atoms with Crippen LogP contribution in [0.25, 0.3) is 0 Å². The van der Waals surface area contributed by atoms with Gasteiger partial charge >= 0.3 is 12.1 Å². The maximum absolute atomic E-state index is 12.5. The molecule has 0 bridgehead atoms. The Morgan fingerprint density at radius 2 is 1.70 bits per heavy atom. The first-order valence-electron chi connectivity index (χ1n) is 6.34. The molecule has 0 rings (SSSR count). The Labute approximate surface area is 115 Å². The zero-order valence-electron chi connectivity index (χ0n) is 11.9. The molecule has 0 radical (unpaired) electrons. The van der Waals surface area contributed by atoms with E-state index >= 15 is 0 Å². The molecule has 0 aromatic carbocycles. The second-order valence-corrected chi connectivity index (χ2v) is 5.38. The molecular formula is C12H22F5NO2. The van der Waals surface area contributed by atoms with Crippen molar-refractivity contribution in [3.63, 3.8) is 0 Å². The lowest BCUT2D eigenvalue weighted by atomic mass is 9.96. The zero-order chi connectivity index (χ0) is 16.0. The quantitative estimate of drug-likeness (QED) is 0.508. The van der Waals surface area contributed by atoms with Gasteiger partial charge in [0.15, 0.2) is 0 Å². The molecule has 1 atom stereocenters. The second-order valence-electron chi connectivity index (χ2n) is 5.38. The summed E-state index contributed by atoms with van der Waals surface area (Å²) in [7, 11) is 0. The highest BCUT2D eigenvalue weighted by molar-refractivity contribution is 4.83. The van der Waals surface area contributed by atoms with Crippen LogP contribution >= 0.6 is 0 Å². The topological polar surface area (TPSA) is 41.5 Å². The third-order valence-corrected chi connectivity index (χ3v) is 2.70. The molecule has 2 N–H and O–H groups in total. The van der Waals surface area contributed by atoms with Gasteiger partial charge in [0.25, 0.3) is 0 Å². The molecule has 0 fully saturated rings. The van der Waals surface area contributed by atoms with Crippen molar-refractivity contribution in [1.29, 1.82) is 0 Å².